The molecule has 0 radical (unpaired) electrons. The van der Waals surface area contributed by atoms with E-state index in [0.717, 1.165) is 0 Å². The SMILES string of the molecule is CCCCc1ccc(-c2cc(-c3ccc(CCCC)cc3)[s+]c(-c3ccc(CCCC)cc3)c2)cc1. The predicted molar refractivity (Wildman–Crippen MR) is 161 cm³/mol. The average Bonchev–Trinajstić information content (AvgIpc) is 2.94. The lowest BCUT2D eigenvalue weighted by Crippen LogP contribution is -1.88. The van der Waals surface area contributed by atoms with Crippen LogP contribution in [0.25, 0.3) is 32.0 Å². The van der Waals surface area contributed by atoms with Gasteiger partial charge in [0.05, 0.1) is 0 Å². The van der Waals surface area contributed by atoms with Gasteiger partial charge in [0.25, 0.3) is 0 Å². The van der Waals surface area contributed by atoms with E-state index in [4.69, 9.17) is 0 Å². The van der Waals surface area contributed by atoms with Crippen molar-refractivity contribution in [3.05, 3.63) is 102 Å². The summed E-state index contributed by atoms with van der Waals surface area (Å²) in [5.74, 6) is 0. The molecule has 3 aromatic carbocycles. The summed E-state index contributed by atoms with van der Waals surface area (Å²) in [4.78, 5) is 2.66. The summed E-state index contributed by atoms with van der Waals surface area (Å²) in [5, 5.41) is 0. The first-order valence-electron chi connectivity index (χ1n) is 14.0. The molecule has 0 saturated carbocycles. The topological polar surface area (TPSA) is 0 Å². The fourth-order valence-corrected chi connectivity index (χ4v) is 5.75. The van der Waals surface area contributed by atoms with Gasteiger partial charge >= 0.3 is 0 Å². The molecule has 0 N–H and O–H groups in total. The Labute approximate surface area is 223 Å². The summed E-state index contributed by atoms with van der Waals surface area (Å²) in [5.41, 5.74) is 9.52. The van der Waals surface area contributed by atoms with Crippen LogP contribution in [0.15, 0.2) is 84.9 Å². The highest BCUT2D eigenvalue weighted by molar-refractivity contribution is 7.18. The Balaban J connectivity index is 1.70. The summed E-state index contributed by atoms with van der Waals surface area (Å²) in [6.45, 7) is 6.78. The molecular weight excluding hydrogens is 452 g/mol. The molecule has 0 spiro atoms. The molecule has 1 aromatic heterocycles. The zero-order valence-electron chi connectivity index (χ0n) is 22.4. The van der Waals surface area contributed by atoms with Crippen LogP contribution < -0.4 is 0 Å². The summed E-state index contributed by atoms with van der Waals surface area (Å²) >= 11 is 1.90. The third-order valence-corrected chi connectivity index (χ3v) is 8.16. The van der Waals surface area contributed by atoms with Crippen molar-refractivity contribution in [2.45, 2.75) is 78.6 Å². The van der Waals surface area contributed by atoms with Gasteiger partial charge in [0.15, 0.2) is 0 Å². The maximum Gasteiger partial charge on any atom is 0.239 e. The zero-order chi connectivity index (χ0) is 25.2. The molecule has 0 bridgehead atoms. The van der Waals surface area contributed by atoms with Crippen molar-refractivity contribution in [3.63, 3.8) is 0 Å². The molecule has 0 atom stereocenters. The molecule has 0 nitrogen and oxygen atoms in total. The van der Waals surface area contributed by atoms with E-state index >= 15 is 0 Å². The lowest BCUT2D eigenvalue weighted by molar-refractivity contribution is 0.795. The normalized spacial score (nSPS) is 11.1. The molecular formula is C35H41S+. The second kappa shape index (κ2) is 13.5. The van der Waals surface area contributed by atoms with E-state index in [1.807, 2.05) is 11.3 Å². The van der Waals surface area contributed by atoms with Crippen LogP contribution in [0.3, 0.4) is 0 Å². The minimum absolute atomic E-state index is 1.17. The van der Waals surface area contributed by atoms with Gasteiger partial charge in [0, 0.05) is 23.3 Å². The van der Waals surface area contributed by atoms with Crippen molar-refractivity contribution in [3.8, 4) is 32.0 Å². The van der Waals surface area contributed by atoms with Crippen LogP contribution in [-0.4, -0.2) is 0 Å². The molecule has 0 fully saturated rings. The highest BCUT2D eigenvalue weighted by Crippen LogP contribution is 2.38. The van der Waals surface area contributed by atoms with Crippen LogP contribution in [-0.2, 0) is 19.3 Å². The van der Waals surface area contributed by atoms with Crippen LogP contribution in [0, 0.1) is 0 Å². The lowest BCUT2D eigenvalue weighted by Gasteiger charge is -2.06. The first kappa shape index (κ1) is 26.3. The molecule has 0 unspecified atom stereocenters. The fourth-order valence-electron chi connectivity index (χ4n) is 4.63. The van der Waals surface area contributed by atoms with Crippen LogP contribution in [0.2, 0.25) is 0 Å². The van der Waals surface area contributed by atoms with Gasteiger partial charge in [-0.2, -0.15) is 0 Å². The Bertz CT molecular complexity index is 1030. The van der Waals surface area contributed by atoms with E-state index in [1.54, 1.807) is 0 Å². The molecule has 186 valence electrons. The Morgan fingerprint density at radius 1 is 0.417 bits per heavy atom. The van der Waals surface area contributed by atoms with E-state index in [2.05, 4.69) is 106 Å². The second-order valence-electron chi connectivity index (χ2n) is 9.98. The van der Waals surface area contributed by atoms with E-state index in [0.29, 0.717) is 0 Å². The Morgan fingerprint density at radius 3 is 1.08 bits per heavy atom. The lowest BCUT2D eigenvalue weighted by atomic mass is 10.00. The van der Waals surface area contributed by atoms with E-state index < -0.39 is 0 Å². The number of aryl methyl sites for hydroxylation is 3. The summed E-state index contributed by atoms with van der Waals surface area (Å²) < 4.78 is 0. The van der Waals surface area contributed by atoms with E-state index in [-0.39, 0.29) is 0 Å². The molecule has 0 amide bonds. The van der Waals surface area contributed by atoms with Crippen molar-refractivity contribution in [1.29, 1.82) is 0 Å². The van der Waals surface area contributed by atoms with Crippen molar-refractivity contribution in [1.82, 2.24) is 0 Å². The quantitative estimate of drug-likeness (QED) is 0.172. The molecule has 1 heterocycles. The van der Waals surface area contributed by atoms with Crippen LogP contribution in [0.1, 0.15) is 76.0 Å². The third-order valence-electron chi connectivity index (χ3n) is 7.01. The summed E-state index contributed by atoms with van der Waals surface area (Å²) in [6.07, 6.45) is 11.0. The van der Waals surface area contributed by atoms with Gasteiger partial charge < -0.3 is 0 Å². The minimum atomic E-state index is 1.17. The molecule has 0 saturated heterocycles. The Morgan fingerprint density at radius 2 is 0.750 bits per heavy atom. The average molecular weight is 494 g/mol. The number of hydrogen-bond donors (Lipinski definition) is 0. The van der Waals surface area contributed by atoms with E-state index in [1.165, 1.54) is 106 Å². The van der Waals surface area contributed by atoms with Crippen molar-refractivity contribution in [2.75, 3.05) is 0 Å². The molecule has 1 heteroatoms. The van der Waals surface area contributed by atoms with Gasteiger partial charge in [-0.1, -0.05) is 88.6 Å². The van der Waals surface area contributed by atoms with E-state index in [9.17, 15) is 0 Å². The Hall–Kier alpha value is -2.77. The van der Waals surface area contributed by atoms with Gasteiger partial charge in [0.2, 0.25) is 21.1 Å². The Kier molecular flexibility index (Phi) is 9.87. The van der Waals surface area contributed by atoms with Gasteiger partial charge in [-0.05, 0) is 90.6 Å². The fraction of sp³-hybridized carbons (Fsp3) is 0.343. The molecule has 0 aliphatic carbocycles. The summed E-state index contributed by atoms with van der Waals surface area (Å²) in [7, 11) is 0. The highest BCUT2D eigenvalue weighted by atomic mass is 32.1. The maximum atomic E-state index is 2.38. The van der Waals surface area contributed by atoms with Gasteiger partial charge in [0.1, 0.15) is 0 Å². The smallest absolute Gasteiger partial charge is 0.0654 e. The number of unbranched alkanes of at least 4 members (excludes halogenated alkanes) is 3. The predicted octanol–water partition coefficient (Wildman–Crippen LogP) is 11.1. The first-order chi connectivity index (χ1) is 17.7. The van der Waals surface area contributed by atoms with Crippen molar-refractivity contribution >= 4 is 11.3 Å². The summed E-state index contributed by atoms with van der Waals surface area (Å²) in [6, 6.07) is 32.5. The van der Waals surface area contributed by atoms with Gasteiger partial charge in [-0.3, -0.25) is 0 Å². The maximum absolute atomic E-state index is 2.38. The first-order valence-corrected chi connectivity index (χ1v) is 14.8. The number of rotatable bonds is 12. The standard InChI is InChI=1S/C35H41S/c1-4-7-10-27-13-19-30(20-14-27)33-25-34(31-21-15-28(16-22-31)11-8-5-2)36-35(26-33)32-23-17-29(18-24-32)12-9-6-3/h13-26H,4-12H2,1-3H3/q+1. The molecule has 0 aliphatic rings. The monoisotopic (exact) mass is 493 g/mol. The molecule has 36 heavy (non-hydrogen) atoms. The highest BCUT2D eigenvalue weighted by Gasteiger charge is 2.19. The second-order valence-corrected chi connectivity index (χ2v) is 11.1. The van der Waals surface area contributed by atoms with Crippen LogP contribution in [0.5, 0.6) is 0 Å². The third kappa shape index (κ3) is 7.14. The minimum Gasteiger partial charge on any atom is -0.0654 e. The van der Waals surface area contributed by atoms with Crippen LogP contribution >= 0.6 is 11.3 Å². The number of hydrogen-bond acceptors (Lipinski definition) is 0. The molecule has 4 aromatic rings. The molecule has 4 rings (SSSR count). The molecule has 0 aliphatic heterocycles. The van der Waals surface area contributed by atoms with Crippen molar-refractivity contribution in [2.24, 2.45) is 0 Å². The van der Waals surface area contributed by atoms with Gasteiger partial charge in [-0.15, -0.1) is 0 Å². The van der Waals surface area contributed by atoms with Crippen LogP contribution in [0.4, 0.5) is 0 Å². The number of benzene rings is 3. The van der Waals surface area contributed by atoms with Gasteiger partial charge in [-0.25, -0.2) is 0 Å². The largest absolute Gasteiger partial charge is 0.239 e. The zero-order valence-corrected chi connectivity index (χ0v) is 23.2. The van der Waals surface area contributed by atoms with Crippen molar-refractivity contribution < 1.29 is 0 Å².